The van der Waals surface area contributed by atoms with Crippen molar-refractivity contribution in [2.75, 3.05) is 0 Å². The standard InChI is InChI=1S/C24H17NOS/c1-17-6-11-23(12-7-17)27-24-13-10-22(26-24)15-21(16-25)20-9-8-18-4-2-3-5-19(18)14-20/h2-15H,1H3/b21-15-. The van der Waals surface area contributed by atoms with Crippen LogP contribution in [0.2, 0.25) is 0 Å². The van der Waals surface area contributed by atoms with Gasteiger partial charge in [-0.2, -0.15) is 5.26 Å². The highest BCUT2D eigenvalue weighted by Crippen LogP contribution is 2.31. The van der Waals surface area contributed by atoms with E-state index in [9.17, 15) is 5.26 Å². The molecule has 0 N–H and O–H groups in total. The number of aryl methyl sites for hydroxylation is 1. The molecule has 0 aliphatic rings. The maximum Gasteiger partial charge on any atom is 0.165 e. The topological polar surface area (TPSA) is 36.9 Å². The minimum Gasteiger partial charge on any atom is -0.450 e. The Morgan fingerprint density at radius 2 is 1.70 bits per heavy atom. The molecule has 2 nitrogen and oxygen atoms in total. The maximum atomic E-state index is 9.62. The van der Waals surface area contributed by atoms with Crippen LogP contribution in [0.4, 0.5) is 0 Å². The van der Waals surface area contributed by atoms with E-state index in [1.807, 2.05) is 42.5 Å². The number of fused-ring (bicyclic) bond motifs is 1. The van der Waals surface area contributed by atoms with Crippen LogP contribution in [-0.2, 0) is 0 Å². The number of nitrogens with zero attached hydrogens (tertiary/aromatic N) is 1. The summed E-state index contributed by atoms with van der Waals surface area (Å²) < 4.78 is 5.89. The molecule has 1 aromatic heterocycles. The molecule has 0 radical (unpaired) electrons. The zero-order valence-corrected chi connectivity index (χ0v) is 15.7. The first-order valence-corrected chi connectivity index (χ1v) is 9.48. The highest BCUT2D eigenvalue weighted by atomic mass is 32.2. The summed E-state index contributed by atoms with van der Waals surface area (Å²) in [4.78, 5) is 1.13. The number of rotatable bonds is 4. The third kappa shape index (κ3) is 3.97. The summed E-state index contributed by atoms with van der Waals surface area (Å²) in [7, 11) is 0. The molecule has 27 heavy (non-hydrogen) atoms. The Hall–Kier alpha value is -3.22. The summed E-state index contributed by atoms with van der Waals surface area (Å²) in [5, 5.41) is 12.7. The minimum atomic E-state index is 0.585. The lowest BCUT2D eigenvalue weighted by molar-refractivity contribution is 0.466. The third-order valence-corrected chi connectivity index (χ3v) is 5.24. The lowest BCUT2D eigenvalue weighted by Gasteiger charge is -2.02. The molecule has 1 heterocycles. The van der Waals surface area contributed by atoms with Crippen molar-refractivity contribution in [3.05, 3.63) is 95.7 Å². The number of nitriles is 1. The van der Waals surface area contributed by atoms with Crippen LogP contribution in [0.25, 0.3) is 22.4 Å². The number of benzene rings is 3. The van der Waals surface area contributed by atoms with Gasteiger partial charge in [0.1, 0.15) is 5.76 Å². The lowest BCUT2D eigenvalue weighted by atomic mass is 10.0. The fourth-order valence-electron chi connectivity index (χ4n) is 2.87. The van der Waals surface area contributed by atoms with Crippen LogP contribution in [-0.4, -0.2) is 0 Å². The summed E-state index contributed by atoms with van der Waals surface area (Å²) in [6.07, 6.45) is 1.79. The molecule has 0 aliphatic heterocycles. The van der Waals surface area contributed by atoms with Crippen molar-refractivity contribution in [2.45, 2.75) is 16.9 Å². The number of furan rings is 1. The van der Waals surface area contributed by atoms with Gasteiger partial charge in [0.05, 0.1) is 11.6 Å². The van der Waals surface area contributed by atoms with Crippen molar-refractivity contribution >= 4 is 34.2 Å². The Bertz CT molecular complexity index is 1160. The molecule has 0 saturated heterocycles. The Kier molecular flexibility index (Phi) is 4.82. The molecule has 4 aromatic rings. The van der Waals surface area contributed by atoms with E-state index in [-0.39, 0.29) is 0 Å². The van der Waals surface area contributed by atoms with Crippen molar-refractivity contribution in [2.24, 2.45) is 0 Å². The Morgan fingerprint density at radius 1 is 0.926 bits per heavy atom. The molecule has 3 aromatic carbocycles. The monoisotopic (exact) mass is 367 g/mol. The first-order chi connectivity index (χ1) is 13.2. The molecule has 4 rings (SSSR count). The fourth-order valence-corrected chi connectivity index (χ4v) is 3.65. The number of hydrogen-bond donors (Lipinski definition) is 0. The van der Waals surface area contributed by atoms with Crippen LogP contribution >= 0.6 is 11.8 Å². The molecular formula is C24H17NOS. The SMILES string of the molecule is Cc1ccc(Sc2ccc(/C=C(/C#N)c3ccc4ccccc4c3)o2)cc1. The van der Waals surface area contributed by atoms with Crippen molar-refractivity contribution in [3.63, 3.8) is 0 Å². The molecule has 0 aliphatic carbocycles. The average molecular weight is 367 g/mol. The average Bonchev–Trinajstić information content (AvgIpc) is 3.14. The zero-order chi connectivity index (χ0) is 18.6. The molecule has 0 unspecified atom stereocenters. The molecule has 0 amide bonds. The molecule has 130 valence electrons. The summed E-state index contributed by atoms with van der Waals surface area (Å²) in [5.74, 6) is 0.675. The van der Waals surface area contributed by atoms with Crippen LogP contribution in [0.3, 0.4) is 0 Å². The van der Waals surface area contributed by atoms with Gasteiger partial charge >= 0.3 is 0 Å². The van der Waals surface area contributed by atoms with Crippen molar-refractivity contribution < 1.29 is 4.42 Å². The molecule has 3 heteroatoms. The zero-order valence-electron chi connectivity index (χ0n) is 14.8. The quantitative estimate of drug-likeness (QED) is 0.366. The van der Waals surface area contributed by atoms with E-state index >= 15 is 0 Å². The maximum absolute atomic E-state index is 9.62. The normalized spacial score (nSPS) is 11.5. The highest BCUT2D eigenvalue weighted by Gasteiger charge is 2.07. The second-order valence-electron chi connectivity index (χ2n) is 6.30. The van der Waals surface area contributed by atoms with Gasteiger partial charge in [-0.25, -0.2) is 0 Å². The van der Waals surface area contributed by atoms with Crippen LogP contribution in [0, 0.1) is 18.3 Å². The van der Waals surface area contributed by atoms with Gasteiger partial charge in [-0.3, -0.25) is 0 Å². The highest BCUT2D eigenvalue weighted by molar-refractivity contribution is 7.99. The van der Waals surface area contributed by atoms with Crippen molar-refractivity contribution in [1.82, 2.24) is 0 Å². The molecule has 0 spiro atoms. The van der Waals surface area contributed by atoms with Crippen LogP contribution in [0.5, 0.6) is 0 Å². The predicted octanol–water partition coefficient (Wildman–Crippen LogP) is 6.96. The summed E-state index contributed by atoms with van der Waals surface area (Å²) in [5.41, 5.74) is 2.71. The van der Waals surface area contributed by atoms with Gasteiger partial charge < -0.3 is 4.42 Å². The smallest absolute Gasteiger partial charge is 0.165 e. The van der Waals surface area contributed by atoms with E-state index < -0.39 is 0 Å². The van der Waals surface area contributed by atoms with E-state index in [0.29, 0.717) is 11.3 Å². The van der Waals surface area contributed by atoms with Gasteiger partial charge in [0.15, 0.2) is 5.09 Å². The summed E-state index contributed by atoms with van der Waals surface area (Å²) >= 11 is 1.57. The Balaban J connectivity index is 1.60. The molecule has 0 atom stereocenters. The first-order valence-electron chi connectivity index (χ1n) is 8.66. The molecule has 0 fully saturated rings. The van der Waals surface area contributed by atoms with Gasteiger partial charge in [0.25, 0.3) is 0 Å². The fraction of sp³-hybridized carbons (Fsp3) is 0.0417. The minimum absolute atomic E-state index is 0.585. The predicted molar refractivity (Wildman–Crippen MR) is 111 cm³/mol. The van der Waals surface area contributed by atoms with E-state index in [1.165, 1.54) is 5.56 Å². The van der Waals surface area contributed by atoms with Crippen LogP contribution < -0.4 is 0 Å². The Labute approximate surface area is 162 Å². The van der Waals surface area contributed by atoms with Gasteiger partial charge in [-0.05, 0) is 59.7 Å². The van der Waals surface area contributed by atoms with Gasteiger partial charge in [-0.1, -0.05) is 65.9 Å². The Morgan fingerprint density at radius 3 is 2.48 bits per heavy atom. The molecule has 0 bridgehead atoms. The lowest BCUT2D eigenvalue weighted by Crippen LogP contribution is -1.82. The largest absolute Gasteiger partial charge is 0.450 e. The van der Waals surface area contributed by atoms with Crippen molar-refractivity contribution in [3.8, 4) is 6.07 Å². The van der Waals surface area contributed by atoms with E-state index in [4.69, 9.17) is 4.42 Å². The van der Waals surface area contributed by atoms with E-state index in [2.05, 4.69) is 49.4 Å². The molecule has 0 saturated carbocycles. The number of hydrogen-bond acceptors (Lipinski definition) is 3. The van der Waals surface area contributed by atoms with Gasteiger partial charge in [0, 0.05) is 4.90 Å². The summed E-state index contributed by atoms with van der Waals surface area (Å²) in [6, 6.07) is 28.6. The van der Waals surface area contributed by atoms with E-state index in [0.717, 1.165) is 26.3 Å². The van der Waals surface area contributed by atoms with E-state index in [1.54, 1.807) is 17.8 Å². The third-order valence-electron chi connectivity index (χ3n) is 4.31. The first kappa shape index (κ1) is 17.2. The van der Waals surface area contributed by atoms with Crippen LogP contribution in [0.1, 0.15) is 16.9 Å². The van der Waals surface area contributed by atoms with Crippen molar-refractivity contribution in [1.29, 1.82) is 5.26 Å². The number of allylic oxidation sites excluding steroid dienone is 1. The molecular weight excluding hydrogens is 350 g/mol. The summed E-state index contributed by atoms with van der Waals surface area (Å²) in [6.45, 7) is 2.07. The second-order valence-corrected chi connectivity index (χ2v) is 7.38. The second kappa shape index (κ2) is 7.57. The van der Waals surface area contributed by atoms with Gasteiger partial charge in [-0.15, -0.1) is 0 Å². The van der Waals surface area contributed by atoms with Crippen LogP contribution in [0.15, 0.2) is 93.3 Å². The van der Waals surface area contributed by atoms with Gasteiger partial charge in [0.2, 0.25) is 0 Å².